The fourth-order valence-corrected chi connectivity index (χ4v) is 39.0. The smallest absolute Gasteiger partial charge is 0.218 e. The van der Waals surface area contributed by atoms with Crippen LogP contribution in [0, 0.1) is 200 Å². The van der Waals surface area contributed by atoms with Gasteiger partial charge in [-0.1, -0.05) is 114 Å². The lowest BCUT2D eigenvalue weighted by Gasteiger charge is -2.61. The van der Waals surface area contributed by atoms with Crippen LogP contribution in [0.2, 0.25) is 0 Å². The molecule has 10 heteroatoms. The zero-order valence-corrected chi connectivity index (χ0v) is 74.6. The van der Waals surface area contributed by atoms with Crippen molar-refractivity contribution >= 4 is 23.1 Å². The first-order valence-electron chi connectivity index (χ1n) is 50.3. The number of oxime groups is 1. The van der Waals surface area contributed by atoms with Crippen LogP contribution in [0.15, 0.2) is 5.16 Å². The van der Waals surface area contributed by atoms with E-state index in [0.29, 0.717) is 68.1 Å². The van der Waals surface area contributed by atoms with Gasteiger partial charge in [0.15, 0.2) is 0 Å². The molecule has 0 aliphatic heterocycles. The van der Waals surface area contributed by atoms with Crippen LogP contribution in [0.3, 0.4) is 0 Å². The third kappa shape index (κ3) is 13.4. The van der Waals surface area contributed by atoms with Gasteiger partial charge in [0.05, 0.1) is 17.9 Å². The van der Waals surface area contributed by atoms with Crippen molar-refractivity contribution in [2.75, 3.05) is 0 Å². The van der Waals surface area contributed by atoms with Crippen molar-refractivity contribution in [1.82, 2.24) is 0 Å². The molecule has 0 unspecified atom stereocenters. The monoisotopic (exact) mass is 1560 g/mol. The van der Waals surface area contributed by atoms with E-state index in [9.17, 15) is 39.9 Å². The molecule has 20 aliphatic rings. The Kier molecular flexibility index (Phi) is 23.8. The Morgan fingerprint density at radius 1 is 0.327 bits per heavy atom. The second kappa shape index (κ2) is 31.9. The van der Waals surface area contributed by atoms with Crippen molar-refractivity contribution in [3.63, 3.8) is 0 Å². The number of fused-ring (bicyclic) bond motifs is 25. The van der Waals surface area contributed by atoms with E-state index >= 15 is 0 Å². The highest BCUT2D eigenvalue weighted by molar-refractivity contribution is 5.92. The Hall–Kier alpha value is -2.20. The highest BCUT2D eigenvalue weighted by Crippen LogP contribution is 2.74. The van der Waals surface area contributed by atoms with Crippen LogP contribution in [0.25, 0.3) is 0 Å². The van der Waals surface area contributed by atoms with Crippen LogP contribution in [-0.4, -0.2) is 61.7 Å². The fourth-order valence-electron chi connectivity index (χ4n) is 39.0. The average Bonchev–Trinajstić information content (AvgIpc) is 1.76. The summed E-state index contributed by atoms with van der Waals surface area (Å²) in [6.45, 7) is 31.1. The Bertz CT molecular complexity index is 3250. The minimum Gasteiger partial charge on any atom is -0.411 e. The number of rotatable bonds is 6. The zero-order valence-electron chi connectivity index (χ0n) is 74.6. The number of hydrogen-bond acceptors (Lipinski definition) is 9. The van der Waals surface area contributed by atoms with E-state index in [1.807, 2.05) is 0 Å². The molecule has 36 atom stereocenters. The number of aliphatic hydroxyl groups is 2. The van der Waals surface area contributed by atoms with Crippen molar-refractivity contribution in [3.8, 4) is 0 Å². The quantitative estimate of drug-likeness (QED) is 0.134. The summed E-state index contributed by atoms with van der Waals surface area (Å²) in [5.74, 6) is 21.0. The highest BCUT2D eigenvalue weighted by atomic mass is 16.6. The van der Waals surface area contributed by atoms with Gasteiger partial charge < -0.3 is 15.4 Å². The summed E-state index contributed by atoms with van der Waals surface area (Å²) >= 11 is 0. The maximum atomic E-state index is 12.5. The predicted molar refractivity (Wildman–Crippen MR) is 456 cm³/mol. The molecule has 0 aromatic rings. The number of carbonyl (C=O) groups is 3. The van der Waals surface area contributed by atoms with E-state index in [-0.39, 0.29) is 50.2 Å². The van der Waals surface area contributed by atoms with Gasteiger partial charge in [-0.2, -0.15) is 0 Å². The Balaban J connectivity index is 0.000000107. The van der Waals surface area contributed by atoms with E-state index in [1.54, 1.807) is 0 Å². The molecular weight excluding hydrogens is 1390 g/mol. The lowest BCUT2D eigenvalue weighted by molar-refractivity contribution is -0.540. The molecule has 0 aromatic carbocycles. The minimum atomic E-state index is -0.313. The van der Waals surface area contributed by atoms with E-state index in [2.05, 4.69) is 95.2 Å². The zero-order chi connectivity index (χ0) is 80.0. The normalized spacial score (nSPS) is 54.3. The molecule has 0 heterocycles. The molecule has 0 amide bonds. The molecule has 20 aliphatic carbocycles. The van der Waals surface area contributed by atoms with Crippen molar-refractivity contribution in [3.05, 3.63) is 10.1 Å². The highest BCUT2D eigenvalue weighted by Gasteiger charge is 2.68. The minimum absolute atomic E-state index is 0.0110. The molecule has 10 nitrogen and oxygen atoms in total. The van der Waals surface area contributed by atoms with Gasteiger partial charge in [0, 0.05) is 57.7 Å². The molecule has 20 fully saturated rings. The number of nitro groups is 1. The summed E-state index contributed by atoms with van der Waals surface area (Å²) in [6.07, 6.45) is 62.7. The maximum Gasteiger partial charge on any atom is 0.218 e. The van der Waals surface area contributed by atoms with Crippen LogP contribution in [0.4, 0.5) is 0 Å². The Labute approximate surface area is 688 Å². The van der Waals surface area contributed by atoms with Crippen molar-refractivity contribution < 1.29 is 34.7 Å². The van der Waals surface area contributed by atoms with Crippen LogP contribution < -0.4 is 0 Å². The first kappa shape index (κ1) is 84.4. The van der Waals surface area contributed by atoms with Gasteiger partial charge in [0.2, 0.25) is 6.04 Å². The third-order valence-corrected chi connectivity index (χ3v) is 45.0. The van der Waals surface area contributed by atoms with Gasteiger partial charge in [-0.3, -0.25) is 24.5 Å². The summed E-state index contributed by atoms with van der Waals surface area (Å²) in [5.41, 5.74) is 4.21. The van der Waals surface area contributed by atoms with E-state index < -0.39 is 0 Å². The first-order valence-corrected chi connectivity index (χ1v) is 50.3. The number of Topliss-reactive ketones (excluding diaryl/α,β-unsaturated/α-hetero) is 3. The van der Waals surface area contributed by atoms with E-state index in [0.717, 1.165) is 202 Å². The van der Waals surface area contributed by atoms with Gasteiger partial charge in [-0.05, 0) is 439 Å². The molecular formula is C103H168N2O8. The van der Waals surface area contributed by atoms with Crippen molar-refractivity contribution in [1.29, 1.82) is 0 Å². The van der Waals surface area contributed by atoms with Gasteiger partial charge in [-0.25, -0.2) is 0 Å². The van der Waals surface area contributed by atoms with E-state index in [1.165, 1.54) is 238 Å². The van der Waals surface area contributed by atoms with Gasteiger partial charge >= 0.3 is 0 Å². The number of carbonyl (C=O) groups excluding carboxylic acids is 3. The second-order valence-electron chi connectivity index (χ2n) is 47.4. The number of aliphatic hydroxyl groups excluding tert-OH is 2. The molecule has 3 N–H and O–H groups in total. The van der Waals surface area contributed by atoms with Crippen LogP contribution in [0.1, 0.15) is 411 Å². The first-order chi connectivity index (χ1) is 54.0. The van der Waals surface area contributed by atoms with Crippen molar-refractivity contribution in [2.45, 2.75) is 429 Å². The molecule has 20 saturated carbocycles. The van der Waals surface area contributed by atoms with Crippen LogP contribution in [-0.2, 0) is 14.4 Å². The Morgan fingerprint density at radius 3 is 0.929 bits per heavy atom. The Morgan fingerprint density at radius 2 is 0.611 bits per heavy atom. The molecule has 0 bridgehead atoms. The average molecular weight is 1560 g/mol. The lowest BCUT2D eigenvalue weighted by Crippen LogP contribution is -2.55. The number of hydrogen-bond donors (Lipinski definition) is 3. The molecule has 20 rings (SSSR count). The van der Waals surface area contributed by atoms with Crippen LogP contribution in [0.5, 0.6) is 0 Å². The molecule has 0 radical (unpaired) electrons. The van der Waals surface area contributed by atoms with Gasteiger partial charge in [0.1, 0.15) is 17.3 Å². The molecule has 113 heavy (non-hydrogen) atoms. The maximum absolute atomic E-state index is 12.5. The van der Waals surface area contributed by atoms with Crippen LogP contribution >= 0.6 is 0 Å². The summed E-state index contributed by atoms with van der Waals surface area (Å²) in [5, 5.41) is 45.1. The largest absolute Gasteiger partial charge is 0.411 e. The third-order valence-electron chi connectivity index (χ3n) is 45.0. The number of ketones is 3. The van der Waals surface area contributed by atoms with Crippen molar-refractivity contribution in [2.24, 2.45) is 195 Å². The topological polar surface area (TPSA) is 167 Å². The lowest BCUT2D eigenvalue weighted by atomic mass is 9.43. The molecule has 0 aromatic heterocycles. The summed E-state index contributed by atoms with van der Waals surface area (Å²) in [7, 11) is 0. The molecule has 638 valence electrons. The predicted octanol–water partition coefficient (Wildman–Crippen LogP) is 25.9. The molecule has 0 saturated heterocycles. The fraction of sp³-hybridized carbons (Fsp3) is 0.961. The van der Waals surface area contributed by atoms with E-state index in [4.69, 9.17) is 0 Å². The van der Waals surface area contributed by atoms with Gasteiger partial charge in [-0.15, -0.1) is 0 Å². The summed E-state index contributed by atoms with van der Waals surface area (Å²) in [6, 6.07) is -0.313. The second-order valence-corrected chi connectivity index (χ2v) is 47.4. The SMILES string of the molecule is CC[C@]12CC[C@@H](C)C[C@@H]1CC[C@@H]1[C@@H]2CC[C@]2(C)/C(=N/O)CC[C@@H]12.CC[C@]12CC[C@@H](C)C[C@@H]1CC[C@@H]1[C@@H]2CC[C@]2(C)C(=O)CC[C@@H]12.CC[C@]12CC[C@@H](C)C[C@@H]1CC[C@@H]1[C@@H]2CC[C@]2(C)C(=O)CC[C@@H]12.CC[C@]12CC[C@@H](O)C[C@@H]1CC[C@@H]1[C@@H]2CC[C@]2(C)C(=O)CC[C@@H]12.CC[C@]12CC[C@@H](O)C[C@@H]1CC[C@H]1[C@@H]3CC[C@H]([N+](=O)[O-])[C@@]3(C)CC[C@@H]12. The molecule has 0 spiro atoms. The summed E-state index contributed by atoms with van der Waals surface area (Å²) < 4.78 is 0. The number of nitrogens with zero attached hydrogens (tertiary/aromatic N) is 2. The van der Waals surface area contributed by atoms with Gasteiger partial charge in [0.25, 0.3) is 0 Å². The summed E-state index contributed by atoms with van der Waals surface area (Å²) in [4.78, 5) is 49.0. The standard InChI is InChI=1S/C21H35NO.2C21H34O.C20H33NO3.C20H32O2/c1-4-21-12-9-14(2)13-15(21)5-6-16-17-7-8-19(22-23)20(17,3)11-10-18(16)21;2*1-4-21-12-9-14(2)13-15(21)5-6-16-17-7-8-19(22)20(17,3)11-10-18(16)21;1-3-20-11-8-14(22)12-13(20)4-5-15-16-6-7-18(21(23)24)19(16,2)10-9-17(15)20;1-3-20-11-8-14(21)12-13(20)4-5-15-16-6-7-18(22)19(16,2)10-9-17(15)20/h14-18,23H,4-13H2,1-3H3;2*14-18H,4-13H2,1-3H3;13-18,22H,3-12H2,1-2H3;13-17,21H,3-12H2,1-2H3/b22-19+;;;;/t3*14-,15+,16+,17+,18+,20+,21+;13-,14+,15-,16-,17-,18-,19-,20-;13-,14+,15-,16-,17-,19-,20-/m11100/s1.